The van der Waals surface area contributed by atoms with Crippen LogP contribution in [0, 0.1) is 6.92 Å². The molecular weight excluding hydrogens is 308 g/mol. The minimum atomic E-state index is 0.356. The minimum absolute atomic E-state index is 0.356. The third-order valence-corrected chi connectivity index (χ3v) is 6.37. The molecule has 3 rings (SSSR count). The summed E-state index contributed by atoms with van der Waals surface area (Å²) in [5, 5.41) is 0.930. The molecule has 0 bridgehead atoms. The van der Waals surface area contributed by atoms with Gasteiger partial charge in [0.15, 0.2) is 0 Å². The summed E-state index contributed by atoms with van der Waals surface area (Å²) in [5.41, 5.74) is 3.01. The van der Waals surface area contributed by atoms with Crippen molar-refractivity contribution in [1.29, 1.82) is 0 Å². The van der Waals surface area contributed by atoms with Crippen molar-refractivity contribution in [2.45, 2.75) is 12.2 Å². The topological polar surface area (TPSA) is 25.8 Å². The van der Waals surface area contributed by atoms with Crippen molar-refractivity contribution in [2.24, 2.45) is 0 Å². The molecule has 0 N–H and O–H groups in total. The number of thioether (sulfide) groups is 2. The van der Waals surface area contributed by atoms with Crippen LogP contribution in [-0.2, 0) is 0 Å². The molecule has 1 saturated heterocycles. The Balaban J connectivity index is 2.03. The third kappa shape index (κ3) is 2.97. The van der Waals surface area contributed by atoms with Crippen molar-refractivity contribution in [3.05, 3.63) is 46.9 Å². The summed E-state index contributed by atoms with van der Waals surface area (Å²) < 4.78 is 0. The molecule has 104 valence electrons. The van der Waals surface area contributed by atoms with Crippen LogP contribution in [0.3, 0.4) is 0 Å². The van der Waals surface area contributed by atoms with Gasteiger partial charge >= 0.3 is 0 Å². The van der Waals surface area contributed by atoms with Crippen LogP contribution in [-0.4, -0.2) is 27.2 Å². The Kier molecular flexibility index (Phi) is 4.54. The zero-order chi connectivity index (χ0) is 13.9. The first-order valence-corrected chi connectivity index (χ1v) is 9.12. The monoisotopic (exact) mass is 322 g/mol. The van der Waals surface area contributed by atoms with Crippen molar-refractivity contribution in [1.82, 2.24) is 9.97 Å². The first-order valence-electron chi connectivity index (χ1n) is 6.54. The molecule has 1 fully saturated rings. The van der Waals surface area contributed by atoms with Gasteiger partial charge in [0.25, 0.3) is 0 Å². The van der Waals surface area contributed by atoms with Crippen LogP contribution in [0.4, 0.5) is 0 Å². The number of hydrogen-bond acceptors (Lipinski definition) is 4. The van der Waals surface area contributed by atoms with Gasteiger partial charge in [0.05, 0.1) is 10.9 Å². The van der Waals surface area contributed by atoms with E-state index in [1.807, 2.05) is 48.6 Å². The van der Waals surface area contributed by atoms with Gasteiger partial charge in [0.2, 0.25) is 0 Å². The van der Waals surface area contributed by atoms with Crippen LogP contribution < -0.4 is 0 Å². The van der Waals surface area contributed by atoms with Crippen LogP contribution in [0.15, 0.2) is 30.3 Å². The van der Waals surface area contributed by atoms with Gasteiger partial charge in [-0.2, -0.15) is 11.8 Å². The van der Waals surface area contributed by atoms with Gasteiger partial charge < -0.3 is 0 Å². The highest BCUT2D eigenvalue weighted by Gasteiger charge is 2.21. The summed E-state index contributed by atoms with van der Waals surface area (Å²) in [6.07, 6.45) is 0. The molecule has 2 nitrogen and oxygen atoms in total. The third-order valence-electron chi connectivity index (χ3n) is 3.25. The Bertz CT molecular complexity index is 598. The van der Waals surface area contributed by atoms with Gasteiger partial charge in [0, 0.05) is 28.4 Å². The van der Waals surface area contributed by atoms with E-state index in [4.69, 9.17) is 16.6 Å². The highest BCUT2D eigenvalue weighted by molar-refractivity contribution is 8.06. The van der Waals surface area contributed by atoms with Crippen molar-refractivity contribution in [2.75, 3.05) is 17.3 Å². The predicted octanol–water partition coefficient (Wildman–Crippen LogP) is 4.63. The maximum Gasteiger partial charge on any atom is 0.144 e. The highest BCUT2D eigenvalue weighted by atomic mass is 35.5. The molecule has 0 spiro atoms. The molecule has 2 aromatic rings. The molecule has 1 aromatic carbocycles. The van der Waals surface area contributed by atoms with Gasteiger partial charge in [-0.3, -0.25) is 0 Å². The summed E-state index contributed by atoms with van der Waals surface area (Å²) in [6.45, 7) is 1.98. The number of benzene rings is 1. The lowest BCUT2D eigenvalue weighted by molar-refractivity contribution is 0.919. The molecule has 1 aliphatic rings. The number of aromatic nitrogens is 2. The summed E-state index contributed by atoms with van der Waals surface area (Å²) in [4.78, 5) is 9.30. The highest BCUT2D eigenvalue weighted by Crippen LogP contribution is 2.37. The molecule has 1 atom stereocenters. The van der Waals surface area contributed by atoms with E-state index in [1.165, 1.54) is 5.75 Å². The van der Waals surface area contributed by atoms with Crippen LogP contribution in [0.1, 0.15) is 16.6 Å². The molecular formula is C15H15ClN2S2. The summed E-state index contributed by atoms with van der Waals surface area (Å²) in [7, 11) is 0. The van der Waals surface area contributed by atoms with Gasteiger partial charge in [-0.25, -0.2) is 9.97 Å². The molecule has 0 saturated carbocycles. The Morgan fingerprint density at radius 2 is 1.95 bits per heavy atom. The fraction of sp³-hybridized carbons (Fsp3) is 0.333. The molecule has 1 aliphatic heterocycles. The zero-order valence-corrected chi connectivity index (χ0v) is 13.6. The molecule has 5 heteroatoms. The van der Waals surface area contributed by atoms with Crippen molar-refractivity contribution in [3.63, 3.8) is 0 Å². The largest absolute Gasteiger partial charge is 0.231 e. The second kappa shape index (κ2) is 6.37. The van der Waals surface area contributed by atoms with Gasteiger partial charge in [-0.1, -0.05) is 41.9 Å². The fourth-order valence-corrected chi connectivity index (χ4v) is 4.94. The molecule has 0 radical (unpaired) electrons. The second-order valence-electron chi connectivity index (χ2n) is 4.65. The molecule has 2 heterocycles. The summed E-state index contributed by atoms with van der Waals surface area (Å²) in [5.74, 6) is 4.31. The van der Waals surface area contributed by atoms with Crippen molar-refractivity contribution < 1.29 is 0 Å². The average molecular weight is 323 g/mol. The van der Waals surface area contributed by atoms with E-state index < -0.39 is 0 Å². The molecule has 1 unspecified atom stereocenters. The van der Waals surface area contributed by atoms with Crippen LogP contribution >= 0.6 is 35.1 Å². The Morgan fingerprint density at radius 1 is 1.15 bits per heavy atom. The van der Waals surface area contributed by atoms with Crippen LogP contribution in [0.5, 0.6) is 0 Å². The minimum Gasteiger partial charge on any atom is -0.231 e. The van der Waals surface area contributed by atoms with E-state index >= 15 is 0 Å². The number of hydrogen-bond donors (Lipinski definition) is 0. The van der Waals surface area contributed by atoms with Crippen LogP contribution in [0.2, 0.25) is 5.15 Å². The first-order chi connectivity index (χ1) is 9.75. The SMILES string of the molecule is Cc1c(Cl)nc(C2CSCCS2)nc1-c1ccccc1. The lowest BCUT2D eigenvalue weighted by Crippen LogP contribution is -2.11. The summed E-state index contributed by atoms with van der Waals surface area (Å²) in [6, 6.07) is 10.2. The van der Waals surface area contributed by atoms with E-state index in [0.29, 0.717) is 10.4 Å². The molecule has 0 aliphatic carbocycles. The average Bonchev–Trinajstić information content (AvgIpc) is 2.51. The van der Waals surface area contributed by atoms with Crippen molar-refractivity contribution >= 4 is 35.1 Å². The van der Waals surface area contributed by atoms with Gasteiger partial charge in [-0.15, -0.1) is 11.8 Å². The van der Waals surface area contributed by atoms with Crippen molar-refractivity contribution in [3.8, 4) is 11.3 Å². The maximum absolute atomic E-state index is 6.32. The normalized spacial score (nSPS) is 19.0. The molecule has 1 aromatic heterocycles. The maximum atomic E-state index is 6.32. The fourth-order valence-electron chi connectivity index (χ4n) is 2.16. The lowest BCUT2D eigenvalue weighted by atomic mass is 10.1. The van der Waals surface area contributed by atoms with Gasteiger partial charge in [0.1, 0.15) is 11.0 Å². The number of nitrogens with zero attached hydrogens (tertiary/aromatic N) is 2. The van der Waals surface area contributed by atoms with E-state index in [0.717, 1.165) is 34.2 Å². The smallest absolute Gasteiger partial charge is 0.144 e. The Morgan fingerprint density at radius 3 is 2.65 bits per heavy atom. The lowest BCUT2D eigenvalue weighted by Gasteiger charge is -2.21. The second-order valence-corrected chi connectivity index (χ2v) is 7.47. The van der Waals surface area contributed by atoms with E-state index in [9.17, 15) is 0 Å². The Hall–Kier alpha value is -0.710. The Labute approximate surface area is 132 Å². The van der Waals surface area contributed by atoms with Gasteiger partial charge in [-0.05, 0) is 6.92 Å². The van der Waals surface area contributed by atoms with E-state index in [2.05, 4.69) is 17.1 Å². The molecule has 20 heavy (non-hydrogen) atoms. The molecule has 0 amide bonds. The van der Waals surface area contributed by atoms with Crippen LogP contribution in [0.25, 0.3) is 11.3 Å². The number of halogens is 1. The zero-order valence-electron chi connectivity index (χ0n) is 11.2. The van der Waals surface area contributed by atoms with E-state index in [-0.39, 0.29) is 0 Å². The van der Waals surface area contributed by atoms with E-state index in [1.54, 1.807) is 0 Å². The predicted molar refractivity (Wildman–Crippen MR) is 89.7 cm³/mol. The standard InChI is InChI=1S/C15H15ClN2S2/c1-10-13(11-5-3-2-4-6-11)17-15(18-14(10)16)12-9-19-7-8-20-12/h2-6,12H,7-9H2,1H3. The quantitative estimate of drug-likeness (QED) is 0.753. The number of rotatable bonds is 2. The first kappa shape index (κ1) is 14.2. The summed E-state index contributed by atoms with van der Waals surface area (Å²) >= 11 is 10.2.